The molecule has 0 bridgehead atoms. The molecule has 0 amide bonds. The van der Waals surface area contributed by atoms with Gasteiger partial charge in [-0.05, 0) is 44.0 Å². The minimum atomic E-state index is -0.242. The Morgan fingerprint density at radius 3 is 3.00 bits per heavy atom. The Bertz CT molecular complexity index is 649. The molecule has 2 fully saturated rings. The highest BCUT2D eigenvalue weighted by atomic mass is 19.1. The maximum absolute atomic E-state index is 13.6. The molecule has 3 rings (SSSR count). The Morgan fingerprint density at radius 1 is 1.37 bits per heavy atom. The smallest absolute Gasteiger partial charge is 0.191 e. The topological polar surface area (TPSA) is 48.9 Å². The van der Waals surface area contributed by atoms with Crippen LogP contribution in [0.1, 0.15) is 39.2 Å². The molecule has 0 radical (unpaired) electrons. The fourth-order valence-electron chi connectivity index (χ4n) is 3.84. The standard InChI is InChI=1S/C21H33FN4O/c1-4-23-20(24-12-19-13-26-10-6-9-18(26)14-27-19)25-15-21(2,3)16-7-5-8-17(22)11-16/h5,7-8,11,18-19H,4,6,9-10,12-15H2,1-3H3,(H2,23,24,25). The number of hydrogen-bond donors (Lipinski definition) is 2. The quantitative estimate of drug-likeness (QED) is 0.592. The van der Waals surface area contributed by atoms with Crippen molar-refractivity contribution in [1.29, 1.82) is 0 Å². The molecule has 1 aromatic rings. The zero-order valence-corrected chi connectivity index (χ0v) is 16.8. The summed E-state index contributed by atoms with van der Waals surface area (Å²) in [5.74, 6) is 0.582. The highest BCUT2D eigenvalue weighted by Gasteiger charge is 2.32. The van der Waals surface area contributed by atoms with E-state index in [0.717, 1.165) is 37.8 Å². The molecule has 27 heavy (non-hydrogen) atoms. The first kappa shape index (κ1) is 20.1. The van der Waals surface area contributed by atoms with Crippen LogP contribution < -0.4 is 10.6 Å². The summed E-state index contributed by atoms with van der Waals surface area (Å²) in [6, 6.07) is 7.41. The third-order valence-corrected chi connectivity index (χ3v) is 5.54. The highest BCUT2D eigenvalue weighted by Crippen LogP contribution is 2.24. The number of nitrogens with zero attached hydrogens (tertiary/aromatic N) is 2. The van der Waals surface area contributed by atoms with Crippen LogP contribution in [0.5, 0.6) is 0 Å². The van der Waals surface area contributed by atoms with Crippen LogP contribution in [-0.2, 0) is 10.2 Å². The Kier molecular flexibility index (Phi) is 6.71. The van der Waals surface area contributed by atoms with Crippen molar-refractivity contribution in [2.45, 2.75) is 51.2 Å². The predicted molar refractivity (Wildman–Crippen MR) is 108 cm³/mol. The number of guanidine groups is 1. The van der Waals surface area contributed by atoms with Gasteiger partial charge in [-0.2, -0.15) is 0 Å². The molecule has 5 nitrogen and oxygen atoms in total. The first-order chi connectivity index (χ1) is 13.0. The summed E-state index contributed by atoms with van der Waals surface area (Å²) in [5, 5.41) is 6.72. The summed E-state index contributed by atoms with van der Waals surface area (Å²) in [5.41, 5.74) is 0.715. The average Bonchev–Trinajstić information content (AvgIpc) is 3.12. The van der Waals surface area contributed by atoms with Gasteiger partial charge in [0.15, 0.2) is 5.96 Å². The van der Waals surface area contributed by atoms with Crippen molar-refractivity contribution >= 4 is 5.96 Å². The van der Waals surface area contributed by atoms with Crippen LogP contribution >= 0.6 is 0 Å². The van der Waals surface area contributed by atoms with Crippen molar-refractivity contribution < 1.29 is 9.13 Å². The molecular weight excluding hydrogens is 343 g/mol. The van der Waals surface area contributed by atoms with Crippen LogP contribution in [0.25, 0.3) is 0 Å². The number of hydrogen-bond acceptors (Lipinski definition) is 3. The third-order valence-electron chi connectivity index (χ3n) is 5.54. The molecule has 2 atom stereocenters. The van der Waals surface area contributed by atoms with E-state index in [-0.39, 0.29) is 17.3 Å². The van der Waals surface area contributed by atoms with Gasteiger partial charge >= 0.3 is 0 Å². The minimum absolute atomic E-state index is 0.194. The lowest BCUT2D eigenvalue weighted by Crippen LogP contribution is -2.51. The summed E-state index contributed by atoms with van der Waals surface area (Å²) in [7, 11) is 0. The van der Waals surface area contributed by atoms with E-state index >= 15 is 0 Å². The van der Waals surface area contributed by atoms with Crippen LogP contribution in [0, 0.1) is 5.82 Å². The second-order valence-corrected chi connectivity index (χ2v) is 8.22. The van der Waals surface area contributed by atoms with Crippen LogP contribution in [0.3, 0.4) is 0 Å². The van der Waals surface area contributed by atoms with Gasteiger partial charge in [-0.25, -0.2) is 4.39 Å². The summed E-state index contributed by atoms with van der Waals surface area (Å²) in [4.78, 5) is 7.29. The molecule has 1 aromatic carbocycles. The molecular formula is C21H33FN4O. The van der Waals surface area contributed by atoms with Crippen molar-refractivity contribution in [1.82, 2.24) is 15.5 Å². The van der Waals surface area contributed by atoms with Gasteiger partial charge < -0.3 is 15.4 Å². The van der Waals surface area contributed by atoms with Gasteiger partial charge in [0.25, 0.3) is 0 Å². The second kappa shape index (κ2) is 9.02. The SMILES string of the molecule is CCNC(=NCC(C)(C)c1cccc(F)c1)NCC1CN2CCCC2CO1. The summed E-state index contributed by atoms with van der Waals surface area (Å²) >= 11 is 0. The number of halogens is 1. The lowest BCUT2D eigenvalue weighted by Gasteiger charge is -2.35. The van der Waals surface area contributed by atoms with E-state index in [1.165, 1.54) is 25.5 Å². The molecule has 6 heteroatoms. The van der Waals surface area contributed by atoms with E-state index in [9.17, 15) is 4.39 Å². The summed E-state index contributed by atoms with van der Waals surface area (Å²) < 4.78 is 19.6. The Hall–Kier alpha value is -1.66. The number of morpholine rings is 1. The molecule has 2 aliphatic rings. The van der Waals surface area contributed by atoms with E-state index in [2.05, 4.69) is 36.3 Å². The highest BCUT2D eigenvalue weighted by molar-refractivity contribution is 5.79. The van der Waals surface area contributed by atoms with E-state index in [1.54, 1.807) is 12.1 Å². The Morgan fingerprint density at radius 2 is 2.22 bits per heavy atom. The van der Waals surface area contributed by atoms with Crippen molar-refractivity contribution in [3.8, 4) is 0 Å². The van der Waals surface area contributed by atoms with Gasteiger partial charge in [-0.1, -0.05) is 26.0 Å². The van der Waals surface area contributed by atoms with Gasteiger partial charge in [0.1, 0.15) is 5.82 Å². The molecule has 0 saturated carbocycles. The first-order valence-electron chi connectivity index (χ1n) is 10.1. The van der Waals surface area contributed by atoms with Crippen molar-refractivity contribution in [2.75, 3.05) is 39.3 Å². The number of ether oxygens (including phenoxy) is 1. The maximum atomic E-state index is 13.6. The fraction of sp³-hybridized carbons (Fsp3) is 0.667. The summed E-state index contributed by atoms with van der Waals surface area (Å²) in [6.07, 6.45) is 2.74. The Balaban J connectivity index is 1.56. The van der Waals surface area contributed by atoms with Crippen molar-refractivity contribution in [3.63, 3.8) is 0 Å². The van der Waals surface area contributed by atoms with Gasteiger partial charge in [-0.3, -0.25) is 9.89 Å². The van der Waals surface area contributed by atoms with Gasteiger partial charge in [-0.15, -0.1) is 0 Å². The zero-order chi connectivity index (χ0) is 19.3. The molecule has 0 spiro atoms. The van der Waals surface area contributed by atoms with Crippen LogP contribution in [0.15, 0.2) is 29.3 Å². The average molecular weight is 377 g/mol. The molecule has 2 heterocycles. The molecule has 2 aliphatic heterocycles. The summed E-state index contributed by atoms with van der Waals surface area (Å²) in [6.45, 7) is 11.4. The number of benzene rings is 1. The van der Waals surface area contributed by atoms with Gasteiger partial charge in [0.2, 0.25) is 0 Å². The van der Waals surface area contributed by atoms with E-state index in [0.29, 0.717) is 12.6 Å². The largest absolute Gasteiger partial charge is 0.373 e. The predicted octanol–water partition coefficient (Wildman–Crippen LogP) is 2.52. The molecule has 2 N–H and O–H groups in total. The van der Waals surface area contributed by atoms with Crippen molar-refractivity contribution in [2.24, 2.45) is 4.99 Å². The van der Waals surface area contributed by atoms with E-state index in [4.69, 9.17) is 9.73 Å². The maximum Gasteiger partial charge on any atom is 0.191 e. The van der Waals surface area contributed by atoms with Crippen LogP contribution in [0.2, 0.25) is 0 Å². The molecule has 2 saturated heterocycles. The lowest BCUT2D eigenvalue weighted by molar-refractivity contribution is -0.0453. The van der Waals surface area contributed by atoms with Crippen LogP contribution in [0.4, 0.5) is 4.39 Å². The zero-order valence-electron chi connectivity index (χ0n) is 16.8. The number of aliphatic imine (C=N–C) groups is 1. The monoisotopic (exact) mass is 376 g/mol. The third kappa shape index (κ3) is 5.42. The van der Waals surface area contributed by atoms with Gasteiger partial charge in [0.05, 0.1) is 19.3 Å². The normalized spacial score (nSPS) is 23.9. The molecule has 2 unspecified atom stereocenters. The van der Waals surface area contributed by atoms with Crippen LogP contribution in [-0.4, -0.2) is 62.3 Å². The van der Waals surface area contributed by atoms with E-state index in [1.807, 2.05) is 6.07 Å². The van der Waals surface area contributed by atoms with E-state index < -0.39 is 0 Å². The molecule has 0 aromatic heterocycles. The van der Waals surface area contributed by atoms with Crippen molar-refractivity contribution in [3.05, 3.63) is 35.6 Å². The number of fused-ring (bicyclic) bond motifs is 1. The number of rotatable bonds is 6. The number of nitrogens with one attached hydrogen (secondary N) is 2. The van der Waals surface area contributed by atoms with Gasteiger partial charge in [0, 0.05) is 31.1 Å². The lowest BCUT2D eigenvalue weighted by atomic mass is 9.85. The molecule has 150 valence electrons. The fourth-order valence-corrected chi connectivity index (χ4v) is 3.84. The molecule has 0 aliphatic carbocycles. The Labute approximate surface area is 162 Å². The first-order valence-corrected chi connectivity index (χ1v) is 10.1. The second-order valence-electron chi connectivity index (χ2n) is 8.22. The minimum Gasteiger partial charge on any atom is -0.373 e.